The van der Waals surface area contributed by atoms with Gasteiger partial charge in [-0.05, 0) is 24.3 Å². The highest BCUT2D eigenvalue weighted by molar-refractivity contribution is 5.94. The molecule has 0 saturated carbocycles. The molecule has 0 aliphatic rings. The van der Waals surface area contributed by atoms with Gasteiger partial charge in [0.05, 0.1) is 12.7 Å². The molecule has 3 rings (SSSR count). The van der Waals surface area contributed by atoms with Crippen LogP contribution in [0, 0.1) is 5.82 Å². The summed E-state index contributed by atoms with van der Waals surface area (Å²) in [6.45, 7) is 0.333. The maximum atomic E-state index is 13.8. The monoisotopic (exact) mass is 314 g/mol. The van der Waals surface area contributed by atoms with Crippen molar-refractivity contribution in [3.8, 4) is 5.75 Å². The largest absolute Gasteiger partial charge is 0.497 e. The quantitative estimate of drug-likeness (QED) is 0.780. The molecule has 0 saturated heterocycles. The molecule has 0 atom stereocenters. The number of methoxy groups -OCH3 is 1. The lowest BCUT2D eigenvalue weighted by molar-refractivity contribution is 0.0950. The minimum absolute atomic E-state index is 0.0168. The number of amides is 1. The predicted octanol–water partition coefficient (Wildman–Crippen LogP) is 1.85. The van der Waals surface area contributed by atoms with E-state index in [1.54, 1.807) is 6.07 Å². The van der Waals surface area contributed by atoms with E-state index in [0.717, 1.165) is 11.5 Å². The Hall–Kier alpha value is -2.96. The van der Waals surface area contributed by atoms with Crippen molar-refractivity contribution in [2.45, 2.75) is 6.42 Å². The van der Waals surface area contributed by atoms with Crippen LogP contribution >= 0.6 is 0 Å². The van der Waals surface area contributed by atoms with Gasteiger partial charge in [-0.15, -0.1) is 10.2 Å². The summed E-state index contributed by atoms with van der Waals surface area (Å²) < 4.78 is 20.6. The van der Waals surface area contributed by atoms with Gasteiger partial charge in [0.15, 0.2) is 5.65 Å². The third-order valence-corrected chi connectivity index (χ3v) is 3.44. The van der Waals surface area contributed by atoms with Gasteiger partial charge in [-0.3, -0.25) is 9.20 Å². The summed E-state index contributed by atoms with van der Waals surface area (Å²) in [6, 6.07) is 9.73. The first-order valence-electron chi connectivity index (χ1n) is 7.09. The summed E-state index contributed by atoms with van der Waals surface area (Å²) in [7, 11) is 1.44. The summed E-state index contributed by atoms with van der Waals surface area (Å²) in [4.78, 5) is 12.0. The fourth-order valence-electron chi connectivity index (χ4n) is 2.25. The number of rotatable bonds is 5. The highest BCUT2D eigenvalue weighted by Crippen LogP contribution is 2.16. The number of nitrogens with one attached hydrogen (secondary N) is 1. The van der Waals surface area contributed by atoms with E-state index in [4.69, 9.17) is 4.74 Å². The van der Waals surface area contributed by atoms with Crippen molar-refractivity contribution in [1.29, 1.82) is 0 Å². The number of fused-ring (bicyclic) bond motifs is 1. The number of hydrogen-bond donors (Lipinski definition) is 1. The summed E-state index contributed by atoms with van der Waals surface area (Å²) >= 11 is 0. The number of hydrogen-bond acceptors (Lipinski definition) is 4. The van der Waals surface area contributed by atoms with Crippen molar-refractivity contribution >= 4 is 11.6 Å². The standard InChI is InChI=1S/C16H15FN4O2/c1-23-11-5-6-12(13(17)10-11)16(22)18-8-7-15-20-19-14-4-2-3-9-21(14)15/h2-6,9-10H,7-8H2,1H3,(H,18,22). The smallest absolute Gasteiger partial charge is 0.254 e. The average Bonchev–Trinajstić information content (AvgIpc) is 2.98. The molecule has 0 spiro atoms. The fourth-order valence-corrected chi connectivity index (χ4v) is 2.25. The zero-order valence-corrected chi connectivity index (χ0v) is 12.5. The van der Waals surface area contributed by atoms with Gasteiger partial charge < -0.3 is 10.1 Å². The van der Waals surface area contributed by atoms with E-state index in [1.165, 1.54) is 19.2 Å². The van der Waals surface area contributed by atoms with E-state index in [1.807, 2.05) is 28.8 Å². The summed E-state index contributed by atoms with van der Waals surface area (Å²) in [6.07, 6.45) is 2.35. The van der Waals surface area contributed by atoms with Gasteiger partial charge in [0.2, 0.25) is 0 Å². The summed E-state index contributed by atoms with van der Waals surface area (Å²) in [5, 5.41) is 10.8. The molecule has 2 heterocycles. The molecule has 1 amide bonds. The SMILES string of the molecule is COc1ccc(C(=O)NCCc2nnc3ccccn23)c(F)c1. The highest BCUT2D eigenvalue weighted by atomic mass is 19.1. The van der Waals surface area contributed by atoms with Gasteiger partial charge in [0, 0.05) is 25.2 Å². The van der Waals surface area contributed by atoms with E-state index in [2.05, 4.69) is 15.5 Å². The normalized spacial score (nSPS) is 10.7. The van der Waals surface area contributed by atoms with E-state index in [0.29, 0.717) is 18.7 Å². The molecular formula is C16H15FN4O2. The molecule has 0 radical (unpaired) electrons. The number of ether oxygens (including phenoxy) is 1. The molecule has 7 heteroatoms. The van der Waals surface area contributed by atoms with Crippen LogP contribution < -0.4 is 10.1 Å². The number of nitrogens with zero attached hydrogens (tertiary/aromatic N) is 3. The lowest BCUT2D eigenvalue weighted by atomic mass is 10.2. The Morgan fingerprint density at radius 1 is 1.30 bits per heavy atom. The van der Waals surface area contributed by atoms with E-state index < -0.39 is 11.7 Å². The van der Waals surface area contributed by atoms with Crippen molar-refractivity contribution in [3.63, 3.8) is 0 Å². The maximum Gasteiger partial charge on any atom is 0.254 e. The molecule has 2 aromatic heterocycles. The van der Waals surface area contributed by atoms with E-state index >= 15 is 0 Å². The maximum absolute atomic E-state index is 13.8. The van der Waals surface area contributed by atoms with Crippen LogP contribution in [0.5, 0.6) is 5.75 Å². The van der Waals surface area contributed by atoms with Crippen LogP contribution in [0.2, 0.25) is 0 Å². The topological polar surface area (TPSA) is 68.5 Å². The number of benzene rings is 1. The molecule has 1 N–H and O–H groups in total. The lowest BCUT2D eigenvalue weighted by Gasteiger charge is -2.07. The minimum Gasteiger partial charge on any atom is -0.497 e. The third kappa shape index (κ3) is 3.13. The first kappa shape index (κ1) is 15.0. The molecule has 23 heavy (non-hydrogen) atoms. The van der Waals surface area contributed by atoms with Crippen molar-refractivity contribution < 1.29 is 13.9 Å². The van der Waals surface area contributed by atoms with Gasteiger partial charge in [-0.25, -0.2) is 4.39 Å². The Kier molecular flexibility index (Phi) is 4.18. The number of aromatic nitrogens is 3. The van der Waals surface area contributed by atoms with Crippen molar-refractivity contribution in [2.24, 2.45) is 0 Å². The van der Waals surface area contributed by atoms with Crippen LogP contribution in [0.1, 0.15) is 16.2 Å². The van der Waals surface area contributed by atoms with Crippen LogP contribution in [-0.2, 0) is 6.42 Å². The van der Waals surface area contributed by atoms with Crippen LogP contribution in [0.25, 0.3) is 5.65 Å². The lowest BCUT2D eigenvalue weighted by Crippen LogP contribution is -2.27. The van der Waals surface area contributed by atoms with E-state index in [-0.39, 0.29) is 5.56 Å². The highest BCUT2D eigenvalue weighted by Gasteiger charge is 2.12. The molecular weight excluding hydrogens is 299 g/mol. The number of pyridine rings is 1. The second kappa shape index (κ2) is 6.43. The molecule has 0 aliphatic carbocycles. The molecule has 0 aliphatic heterocycles. The van der Waals surface area contributed by atoms with Crippen LogP contribution in [0.3, 0.4) is 0 Å². The Balaban J connectivity index is 1.63. The Morgan fingerprint density at radius 2 is 2.17 bits per heavy atom. The molecule has 3 aromatic rings. The van der Waals surface area contributed by atoms with Crippen molar-refractivity contribution in [3.05, 3.63) is 59.8 Å². The summed E-state index contributed by atoms with van der Waals surface area (Å²) in [5.41, 5.74) is 0.729. The number of halogens is 1. The van der Waals surface area contributed by atoms with Crippen LogP contribution in [0.15, 0.2) is 42.6 Å². The van der Waals surface area contributed by atoms with E-state index in [9.17, 15) is 9.18 Å². The zero-order valence-electron chi connectivity index (χ0n) is 12.5. The second-order valence-electron chi connectivity index (χ2n) is 4.90. The zero-order chi connectivity index (χ0) is 16.2. The second-order valence-corrected chi connectivity index (χ2v) is 4.90. The van der Waals surface area contributed by atoms with Crippen LogP contribution in [0.4, 0.5) is 4.39 Å². The van der Waals surface area contributed by atoms with Gasteiger partial charge in [0.25, 0.3) is 5.91 Å². The van der Waals surface area contributed by atoms with Crippen LogP contribution in [-0.4, -0.2) is 34.2 Å². The van der Waals surface area contributed by atoms with Gasteiger partial charge in [0.1, 0.15) is 17.4 Å². The molecule has 6 nitrogen and oxygen atoms in total. The van der Waals surface area contributed by atoms with Gasteiger partial charge >= 0.3 is 0 Å². The predicted molar refractivity (Wildman–Crippen MR) is 82.0 cm³/mol. The summed E-state index contributed by atoms with van der Waals surface area (Å²) in [5.74, 6) is 0.0128. The van der Waals surface area contributed by atoms with Crippen molar-refractivity contribution in [2.75, 3.05) is 13.7 Å². The Labute approximate surface area is 131 Å². The molecule has 0 fully saturated rings. The third-order valence-electron chi connectivity index (χ3n) is 3.44. The Morgan fingerprint density at radius 3 is 2.96 bits per heavy atom. The number of carbonyl (C=O) groups excluding carboxylic acids is 1. The first-order valence-corrected chi connectivity index (χ1v) is 7.09. The number of carbonyl (C=O) groups is 1. The van der Waals surface area contributed by atoms with Crippen molar-refractivity contribution in [1.82, 2.24) is 19.9 Å². The molecule has 0 bridgehead atoms. The molecule has 118 valence electrons. The molecule has 1 aromatic carbocycles. The Bertz CT molecular complexity index is 847. The average molecular weight is 314 g/mol. The van der Waals surface area contributed by atoms with Gasteiger partial charge in [-0.1, -0.05) is 6.07 Å². The fraction of sp³-hybridized carbons (Fsp3) is 0.188. The first-order chi connectivity index (χ1) is 11.2. The van der Waals surface area contributed by atoms with Gasteiger partial charge in [-0.2, -0.15) is 0 Å². The minimum atomic E-state index is -0.616. The molecule has 0 unspecified atom stereocenters.